The molecule has 19 heavy (non-hydrogen) atoms. The number of carbonyl (C=O) groups is 2. The fraction of sp³-hybridized carbons (Fsp3) is 0.385. The molecule has 1 atom stereocenters. The van der Waals surface area contributed by atoms with Crippen molar-refractivity contribution in [2.75, 3.05) is 13.6 Å². The zero-order chi connectivity index (χ0) is 14.6. The molecule has 0 saturated heterocycles. The first-order valence-corrected chi connectivity index (χ1v) is 6.15. The molecule has 0 aromatic heterocycles. The van der Waals surface area contributed by atoms with E-state index in [1.54, 1.807) is 25.1 Å². The van der Waals surface area contributed by atoms with E-state index in [4.69, 9.17) is 22.1 Å². The lowest BCUT2D eigenvalue weighted by molar-refractivity contribution is -0.139. The highest BCUT2D eigenvalue weighted by Crippen LogP contribution is 2.22. The largest absolute Gasteiger partial charge is 0.481 e. The summed E-state index contributed by atoms with van der Waals surface area (Å²) in [6, 6.07) is 5.14. The molecule has 104 valence electrons. The van der Waals surface area contributed by atoms with Crippen molar-refractivity contribution in [2.24, 2.45) is 5.73 Å². The molecule has 6 heteroatoms. The zero-order valence-electron chi connectivity index (χ0n) is 11.1. The molecule has 0 aliphatic rings. The summed E-state index contributed by atoms with van der Waals surface area (Å²) in [6.45, 7) is 3.33. The summed E-state index contributed by atoms with van der Waals surface area (Å²) in [5.41, 5.74) is 5.90. The van der Waals surface area contributed by atoms with Crippen LogP contribution in [0.4, 0.5) is 0 Å². The Morgan fingerprint density at radius 3 is 2.63 bits per heavy atom. The quantitative estimate of drug-likeness (QED) is 0.887. The van der Waals surface area contributed by atoms with Gasteiger partial charge in [0.05, 0.1) is 6.54 Å². The summed E-state index contributed by atoms with van der Waals surface area (Å²) in [6.07, 6.45) is -0.704. The number of halogens is 1. The topological polar surface area (TPSA) is 72.6 Å². The number of benzene rings is 1. The zero-order valence-corrected chi connectivity index (χ0v) is 11.9. The van der Waals surface area contributed by atoms with Crippen molar-refractivity contribution >= 4 is 23.4 Å². The van der Waals surface area contributed by atoms with Crippen molar-refractivity contribution in [3.63, 3.8) is 0 Å². The summed E-state index contributed by atoms with van der Waals surface area (Å²) in [5, 5.41) is 0.636. The number of carbonyl (C=O) groups excluding carboxylic acids is 2. The SMILES string of the molecule is Cc1cc(O[C@H](C)C(=O)N(C)CC(N)=O)ccc1Cl. The van der Waals surface area contributed by atoms with E-state index in [9.17, 15) is 9.59 Å². The van der Waals surface area contributed by atoms with E-state index in [2.05, 4.69) is 0 Å². The van der Waals surface area contributed by atoms with Gasteiger partial charge < -0.3 is 15.4 Å². The number of ether oxygens (including phenoxy) is 1. The minimum atomic E-state index is -0.704. The second-order valence-electron chi connectivity index (χ2n) is 4.33. The Balaban J connectivity index is 2.68. The predicted molar refractivity (Wildman–Crippen MR) is 73.1 cm³/mol. The Labute approximate surface area is 117 Å². The lowest BCUT2D eigenvalue weighted by atomic mass is 10.2. The average Bonchev–Trinajstić information content (AvgIpc) is 2.32. The van der Waals surface area contributed by atoms with Crippen molar-refractivity contribution in [2.45, 2.75) is 20.0 Å². The van der Waals surface area contributed by atoms with Crippen LogP contribution in [0.15, 0.2) is 18.2 Å². The molecule has 0 heterocycles. The molecule has 0 aliphatic carbocycles. The number of hydrogen-bond acceptors (Lipinski definition) is 3. The number of likely N-dealkylation sites (N-methyl/N-ethyl adjacent to an activating group) is 1. The van der Waals surface area contributed by atoms with Crippen LogP contribution in [-0.4, -0.2) is 36.4 Å². The fourth-order valence-electron chi connectivity index (χ4n) is 1.57. The Hall–Kier alpha value is -1.75. The molecule has 1 aromatic carbocycles. The molecule has 0 fully saturated rings. The molecule has 0 saturated carbocycles. The van der Waals surface area contributed by atoms with Gasteiger partial charge in [-0.2, -0.15) is 0 Å². The maximum absolute atomic E-state index is 11.9. The van der Waals surface area contributed by atoms with Crippen molar-refractivity contribution in [1.82, 2.24) is 4.90 Å². The molecule has 0 spiro atoms. The maximum Gasteiger partial charge on any atom is 0.263 e. The third kappa shape index (κ3) is 4.44. The Morgan fingerprint density at radius 1 is 1.47 bits per heavy atom. The smallest absolute Gasteiger partial charge is 0.263 e. The second-order valence-corrected chi connectivity index (χ2v) is 4.74. The molecule has 2 N–H and O–H groups in total. The van der Waals surface area contributed by atoms with Crippen LogP contribution >= 0.6 is 11.6 Å². The second kappa shape index (κ2) is 6.43. The van der Waals surface area contributed by atoms with Gasteiger partial charge in [-0.15, -0.1) is 0 Å². The summed E-state index contributed by atoms with van der Waals surface area (Å²) >= 11 is 5.91. The van der Waals surface area contributed by atoms with Gasteiger partial charge in [0.1, 0.15) is 5.75 Å². The van der Waals surface area contributed by atoms with E-state index >= 15 is 0 Å². The predicted octanol–water partition coefficient (Wildman–Crippen LogP) is 1.36. The number of aryl methyl sites for hydroxylation is 1. The van der Waals surface area contributed by atoms with Gasteiger partial charge in [-0.25, -0.2) is 0 Å². The van der Waals surface area contributed by atoms with Gasteiger partial charge in [0.15, 0.2) is 6.10 Å². The van der Waals surface area contributed by atoms with Crippen LogP contribution in [0.25, 0.3) is 0 Å². The molecule has 0 aliphatic heterocycles. The highest BCUT2D eigenvalue weighted by atomic mass is 35.5. The van der Waals surface area contributed by atoms with Crippen LogP contribution in [0.2, 0.25) is 5.02 Å². The molecule has 1 rings (SSSR count). The van der Waals surface area contributed by atoms with Gasteiger partial charge in [-0.3, -0.25) is 9.59 Å². The lowest BCUT2D eigenvalue weighted by Crippen LogP contribution is -2.42. The minimum absolute atomic E-state index is 0.133. The van der Waals surface area contributed by atoms with Gasteiger partial charge in [0.2, 0.25) is 5.91 Å². The van der Waals surface area contributed by atoms with E-state index in [-0.39, 0.29) is 12.5 Å². The lowest BCUT2D eigenvalue weighted by Gasteiger charge is -2.21. The standard InChI is InChI=1S/C13H17ClN2O3/c1-8-6-10(4-5-11(8)14)19-9(2)13(18)16(3)7-12(15)17/h4-6,9H,7H2,1-3H3,(H2,15,17)/t9-/m1/s1. The van der Waals surface area contributed by atoms with Crippen molar-refractivity contribution in [3.8, 4) is 5.75 Å². The molecule has 0 radical (unpaired) electrons. The third-order valence-corrected chi connectivity index (χ3v) is 2.98. The van der Waals surface area contributed by atoms with Crippen molar-refractivity contribution in [3.05, 3.63) is 28.8 Å². The summed E-state index contributed by atoms with van der Waals surface area (Å²) < 4.78 is 5.51. The number of amides is 2. The van der Waals surface area contributed by atoms with E-state index in [0.29, 0.717) is 10.8 Å². The van der Waals surface area contributed by atoms with Crippen LogP contribution < -0.4 is 10.5 Å². The molecule has 1 aromatic rings. The first-order valence-electron chi connectivity index (χ1n) is 5.77. The molecule has 0 unspecified atom stereocenters. The summed E-state index contributed by atoms with van der Waals surface area (Å²) in [7, 11) is 1.50. The molecular formula is C13H17ClN2O3. The number of nitrogens with two attached hydrogens (primary N) is 1. The number of rotatable bonds is 5. The molecular weight excluding hydrogens is 268 g/mol. The van der Waals surface area contributed by atoms with Crippen LogP contribution in [0.5, 0.6) is 5.75 Å². The molecule has 0 bridgehead atoms. The first kappa shape index (κ1) is 15.3. The van der Waals surface area contributed by atoms with Crippen molar-refractivity contribution < 1.29 is 14.3 Å². The Kier molecular flexibility index (Phi) is 5.18. The van der Waals surface area contributed by atoms with E-state index in [1.165, 1.54) is 11.9 Å². The highest BCUT2D eigenvalue weighted by molar-refractivity contribution is 6.31. The van der Waals surface area contributed by atoms with Gasteiger partial charge in [-0.1, -0.05) is 11.6 Å². The van der Waals surface area contributed by atoms with E-state index < -0.39 is 12.0 Å². The normalized spacial score (nSPS) is 11.8. The van der Waals surface area contributed by atoms with Crippen LogP contribution in [-0.2, 0) is 9.59 Å². The van der Waals surface area contributed by atoms with Crippen LogP contribution in [0.3, 0.4) is 0 Å². The van der Waals surface area contributed by atoms with E-state index in [1.807, 2.05) is 6.92 Å². The summed E-state index contributed by atoms with van der Waals surface area (Å²) in [5.74, 6) is -0.327. The molecule has 5 nitrogen and oxygen atoms in total. The minimum Gasteiger partial charge on any atom is -0.481 e. The monoisotopic (exact) mass is 284 g/mol. The first-order chi connectivity index (χ1) is 8.81. The van der Waals surface area contributed by atoms with Gasteiger partial charge in [-0.05, 0) is 37.6 Å². The summed E-state index contributed by atoms with van der Waals surface area (Å²) in [4.78, 5) is 23.9. The Bertz CT molecular complexity index is 491. The van der Waals surface area contributed by atoms with Crippen molar-refractivity contribution in [1.29, 1.82) is 0 Å². The van der Waals surface area contributed by atoms with Crippen LogP contribution in [0, 0.1) is 6.92 Å². The van der Waals surface area contributed by atoms with Gasteiger partial charge in [0.25, 0.3) is 5.91 Å². The third-order valence-electron chi connectivity index (χ3n) is 2.56. The maximum atomic E-state index is 11.9. The average molecular weight is 285 g/mol. The van der Waals surface area contributed by atoms with Gasteiger partial charge in [0, 0.05) is 12.1 Å². The Morgan fingerprint density at radius 2 is 2.11 bits per heavy atom. The fourth-order valence-corrected chi connectivity index (χ4v) is 1.68. The number of hydrogen-bond donors (Lipinski definition) is 1. The molecule has 2 amide bonds. The number of nitrogens with zero attached hydrogens (tertiary/aromatic N) is 1. The number of primary amides is 1. The highest BCUT2D eigenvalue weighted by Gasteiger charge is 2.20. The van der Waals surface area contributed by atoms with E-state index in [0.717, 1.165) is 5.56 Å². The van der Waals surface area contributed by atoms with Gasteiger partial charge >= 0.3 is 0 Å². The van der Waals surface area contributed by atoms with Crippen LogP contribution in [0.1, 0.15) is 12.5 Å².